The third-order valence-electron chi connectivity index (χ3n) is 3.23. The molecule has 0 bridgehead atoms. The minimum absolute atomic E-state index is 0.0659. The van der Waals surface area contributed by atoms with Crippen LogP contribution in [0, 0.1) is 13.8 Å². The highest BCUT2D eigenvalue weighted by Gasteiger charge is 2.28. The van der Waals surface area contributed by atoms with Crippen molar-refractivity contribution in [3.8, 4) is 0 Å². The zero-order chi connectivity index (χ0) is 21.1. The maximum absolute atomic E-state index is 12.7. The summed E-state index contributed by atoms with van der Waals surface area (Å²) >= 11 is 6.00. The van der Waals surface area contributed by atoms with Gasteiger partial charge in [0.2, 0.25) is 5.95 Å². The van der Waals surface area contributed by atoms with E-state index in [1.165, 1.54) is 18.2 Å². The smallest absolute Gasteiger partial charge is 0.339 e. The summed E-state index contributed by atoms with van der Waals surface area (Å²) in [6, 6.07) is 4.52. The van der Waals surface area contributed by atoms with Crippen LogP contribution >= 0.6 is 11.6 Å². The molecule has 11 heteroatoms. The molecule has 150 valence electrons. The third kappa shape index (κ3) is 5.40. The van der Waals surface area contributed by atoms with Crippen molar-refractivity contribution in [2.45, 2.75) is 38.7 Å². The fraction of sp³-hybridized carbons (Fsp3) is 0.294. The Balaban J connectivity index is 2.31. The number of esters is 1. The lowest BCUT2D eigenvalue weighted by atomic mass is 10.2. The molecule has 0 spiro atoms. The summed E-state index contributed by atoms with van der Waals surface area (Å²) in [5.41, 5.74) is 0.898. The Labute approximate surface area is 167 Å². The molecule has 1 aromatic heterocycles. The largest absolute Gasteiger partial charge is 0.459 e. The van der Waals surface area contributed by atoms with Crippen LogP contribution in [-0.4, -0.2) is 36.5 Å². The second-order valence-corrected chi connectivity index (χ2v) is 8.13. The molecular weight excluding hydrogens is 408 g/mol. The van der Waals surface area contributed by atoms with E-state index in [2.05, 4.69) is 15.3 Å². The fourth-order valence-electron chi connectivity index (χ4n) is 2.30. The van der Waals surface area contributed by atoms with Crippen LogP contribution in [0.5, 0.6) is 0 Å². The summed E-state index contributed by atoms with van der Waals surface area (Å²) in [5, 5.41) is 2.00. The van der Waals surface area contributed by atoms with Crippen molar-refractivity contribution in [2.24, 2.45) is 0 Å². The van der Waals surface area contributed by atoms with Crippen LogP contribution in [0.4, 0.5) is 10.7 Å². The molecule has 28 heavy (non-hydrogen) atoms. The highest BCUT2D eigenvalue weighted by Crippen LogP contribution is 2.26. The predicted molar refractivity (Wildman–Crippen MR) is 103 cm³/mol. The van der Waals surface area contributed by atoms with E-state index in [9.17, 15) is 18.0 Å². The third-order valence-corrected chi connectivity index (χ3v) is 5.09. The first-order valence-corrected chi connectivity index (χ1v) is 10.0. The van der Waals surface area contributed by atoms with Gasteiger partial charge in [-0.3, -0.25) is 5.32 Å². The Bertz CT molecular complexity index is 1000. The molecule has 2 aromatic rings. The Morgan fingerprint density at radius 3 is 2.32 bits per heavy atom. The average Bonchev–Trinajstić information content (AvgIpc) is 2.51. The number of aromatic nitrogens is 2. The Morgan fingerprint density at radius 1 is 1.14 bits per heavy atom. The van der Waals surface area contributed by atoms with Gasteiger partial charge in [-0.25, -0.2) is 32.7 Å². The zero-order valence-electron chi connectivity index (χ0n) is 15.6. The maximum atomic E-state index is 12.7. The van der Waals surface area contributed by atoms with E-state index >= 15 is 0 Å². The summed E-state index contributed by atoms with van der Waals surface area (Å²) < 4.78 is 32.2. The van der Waals surface area contributed by atoms with Crippen molar-refractivity contribution in [1.29, 1.82) is 0 Å². The number of hydrogen-bond acceptors (Lipinski definition) is 7. The van der Waals surface area contributed by atoms with Crippen LogP contribution in [-0.2, 0) is 14.8 Å². The minimum Gasteiger partial charge on any atom is -0.459 e. The number of carbonyl (C=O) groups excluding carboxylic acids is 2. The molecule has 0 atom stereocenters. The monoisotopic (exact) mass is 426 g/mol. The first kappa shape index (κ1) is 21.6. The topological polar surface area (TPSA) is 127 Å². The van der Waals surface area contributed by atoms with Gasteiger partial charge in [0.1, 0.15) is 4.90 Å². The summed E-state index contributed by atoms with van der Waals surface area (Å²) in [6.45, 7) is 6.63. The molecule has 9 nitrogen and oxygen atoms in total. The van der Waals surface area contributed by atoms with Crippen LogP contribution in [0.2, 0.25) is 5.02 Å². The molecule has 0 radical (unpaired) electrons. The molecule has 0 saturated heterocycles. The van der Waals surface area contributed by atoms with Gasteiger partial charge < -0.3 is 4.74 Å². The second kappa shape index (κ2) is 8.53. The van der Waals surface area contributed by atoms with Crippen LogP contribution < -0.4 is 10.0 Å². The molecule has 0 saturated carbocycles. The van der Waals surface area contributed by atoms with E-state index in [1.807, 2.05) is 0 Å². The second-order valence-electron chi connectivity index (χ2n) is 6.10. The van der Waals surface area contributed by atoms with E-state index in [-0.39, 0.29) is 16.5 Å². The normalized spacial score (nSPS) is 11.2. The van der Waals surface area contributed by atoms with Crippen molar-refractivity contribution in [1.82, 2.24) is 14.7 Å². The van der Waals surface area contributed by atoms with Gasteiger partial charge in [-0.1, -0.05) is 17.7 Å². The lowest BCUT2D eigenvalue weighted by Gasteiger charge is -2.14. The molecule has 2 N–H and O–H groups in total. The van der Waals surface area contributed by atoms with Gasteiger partial charge >= 0.3 is 12.0 Å². The standard InChI is InChI=1S/C17H19ClN4O5S/c1-9(2)27-15(23)12-6-5-7-13(18)14(12)28(25,26)22-17(24)21-16-19-10(3)8-11(4)20-16/h5-9H,1-4H3,(H2,19,20,21,22,24). The number of amides is 2. The summed E-state index contributed by atoms with van der Waals surface area (Å²) in [7, 11) is -4.49. The van der Waals surface area contributed by atoms with Crippen LogP contribution in [0.1, 0.15) is 35.6 Å². The summed E-state index contributed by atoms with van der Waals surface area (Å²) in [4.78, 5) is 31.8. The summed E-state index contributed by atoms with van der Waals surface area (Å²) in [5.74, 6) is -0.945. The van der Waals surface area contributed by atoms with Crippen molar-refractivity contribution < 1.29 is 22.7 Å². The highest BCUT2D eigenvalue weighted by atomic mass is 35.5. The molecule has 2 amide bonds. The van der Waals surface area contributed by atoms with Crippen molar-refractivity contribution in [2.75, 3.05) is 5.32 Å². The number of benzene rings is 1. The number of hydrogen-bond donors (Lipinski definition) is 2. The van der Waals surface area contributed by atoms with Crippen LogP contribution in [0.3, 0.4) is 0 Å². The molecule has 1 aromatic carbocycles. The first-order valence-electron chi connectivity index (χ1n) is 8.15. The van der Waals surface area contributed by atoms with Crippen LogP contribution in [0.15, 0.2) is 29.2 Å². The molecule has 0 aliphatic rings. The van der Waals surface area contributed by atoms with Gasteiger partial charge in [0.05, 0.1) is 16.7 Å². The van der Waals surface area contributed by atoms with Crippen LogP contribution in [0.25, 0.3) is 0 Å². The number of aryl methyl sites for hydroxylation is 2. The van der Waals surface area contributed by atoms with Gasteiger partial charge in [0.15, 0.2) is 0 Å². The minimum atomic E-state index is -4.49. The lowest BCUT2D eigenvalue weighted by Crippen LogP contribution is -2.36. The fourth-order valence-corrected chi connectivity index (χ4v) is 3.94. The number of nitrogens with one attached hydrogen (secondary N) is 2. The van der Waals surface area contributed by atoms with Gasteiger partial charge in [-0.2, -0.15) is 0 Å². The zero-order valence-corrected chi connectivity index (χ0v) is 17.2. The van der Waals surface area contributed by atoms with Crippen molar-refractivity contribution in [3.05, 3.63) is 46.2 Å². The van der Waals surface area contributed by atoms with Gasteiger partial charge in [0, 0.05) is 11.4 Å². The molecule has 2 rings (SSSR count). The van der Waals surface area contributed by atoms with Gasteiger partial charge in [-0.15, -0.1) is 0 Å². The maximum Gasteiger partial charge on any atom is 0.339 e. The molecule has 1 heterocycles. The Kier molecular flexibility index (Phi) is 6.57. The molecule has 0 aliphatic carbocycles. The SMILES string of the molecule is Cc1cc(C)nc(NC(=O)NS(=O)(=O)c2c(Cl)cccc2C(=O)OC(C)C)n1. The molecule has 0 aliphatic heterocycles. The number of halogens is 1. The number of urea groups is 1. The average molecular weight is 427 g/mol. The van der Waals surface area contributed by atoms with E-state index < -0.39 is 33.0 Å². The molecule has 0 fully saturated rings. The molecule has 0 unspecified atom stereocenters. The highest BCUT2D eigenvalue weighted by molar-refractivity contribution is 7.90. The summed E-state index contributed by atoms with van der Waals surface area (Å²) in [6.07, 6.45) is -0.472. The lowest BCUT2D eigenvalue weighted by molar-refractivity contribution is 0.0373. The number of carbonyl (C=O) groups is 2. The Hall–Kier alpha value is -2.72. The number of anilines is 1. The number of nitrogens with zero attached hydrogens (tertiary/aromatic N) is 2. The van der Waals surface area contributed by atoms with Crippen molar-refractivity contribution >= 4 is 39.6 Å². The van der Waals surface area contributed by atoms with Crippen molar-refractivity contribution in [3.63, 3.8) is 0 Å². The number of ether oxygens (including phenoxy) is 1. The van der Waals surface area contributed by atoms with E-state index in [1.54, 1.807) is 38.5 Å². The Morgan fingerprint density at radius 2 is 1.75 bits per heavy atom. The van der Waals surface area contributed by atoms with E-state index in [4.69, 9.17) is 16.3 Å². The quantitative estimate of drug-likeness (QED) is 0.703. The number of rotatable bonds is 5. The van der Waals surface area contributed by atoms with Gasteiger partial charge in [0.25, 0.3) is 10.0 Å². The number of sulfonamides is 1. The first-order chi connectivity index (χ1) is 13.0. The molecular formula is C17H19ClN4O5S. The van der Waals surface area contributed by atoms with E-state index in [0.717, 1.165) is 0 Å². The van der Waals surface area contributed by atoms with E-state index in [0.29, 0.717) is 11.4 Å². The van der Waals surface area contributed by atoms with Gasteiger partial charge in [-0.05, 0) is 45.9 Å². The predicted octanol–water partition coefficient (Wildman–Crippen LogP) is 2.82.